The zero-order chi connectivity index (χ0) is 10.7. The first-order valence-electron chi connectivity index (χ1n) is 5.77. The van der Waals surface area contributed by atoms with E-state index in [9.17, 15) is 9.59 Å². The summed E-state index contributed by atoms with van der Waals surface area (Å²) in [4.78, 5) is 24.6. The van der Waals surface area contributed by atoms with Crippen LogP contribution in [0.25, 0.3) is 0 Å². The topological polar surface area (TPSA) is 49.4 Å². The van der Waals surface area contributed by atoms with Crippen LogP contribution in [0.5, 0.6) is 0 Å². The Balaban J connectivity index is 1.69. The van der Waals surface area contributed by atoms with Crippen molar-refractivity contribution < 1.29 is 9.59 Å². The molecule has 0 aromatic heterocycles. The standard InChI is InChI=1S/C11H18N2O2/c14-10-3-7-13(8-4-10)6-2-9-1-5-12-11(9)15/h9H,1-8H2,(H,12,15). The molecule has 0 radical (unpaired) electrons. The van der Waals surface area contributed by atoms with Crippen LogP contribution in [0.3, 0.4) is 0 Å². The van der Waals surface area contributed by atoms with Gasteiger partial charge in [0.25, 0.3) is 0 Å². The normalized spacial score (nSPS) is 28.1. The molecule has 2 rings (SSSR count). The number of piperidine rings is 1. The number of carbonyl (C=O) groups is 2. The van der Waals surface area contributed by atoms with Gasteiger partial charge in [-0.05, 0) is 19.4 Å². The molecule has 4 nitrogen and oxygen atoms in total. The summed E-state index contributed by atoms with van der Waals surface area (Å²) in [6.45, 7) is 3.56. The minimum Gasteiger partial charge on any atom is -0.356 e. The van der Waals surface area contributed by atoms with Gasteiger partial charge in [-0.1, -0.05) is 0 Å². The molecular weight excluding hydrogens is 192 g/mol. The lowest BCUT2D eigenvalue weighted by atomic mass is 10.0. The van der Waals surface area contributed by atoms with Crippen LogP contribution in [-0.4, -0.2) is 42.8 Å². The molecule has 0 spiro atoms. The molecule has 2 aliphatic rings. The molecule has 0 aromatic carbocycles. The van der Waals surface area contributed by atoms with Crippen molar-refractivity contribution >= 4 is 11.7 Å². The summed E-state index contributed by atoms with van der Waals surface area (Å²) in [6, 6.07) is 0. The molecule has 15 heavy (non-hydrogen) atoms. The second kappa shape index (κ2) is 4.75. The van der Waals surface area contributed by atoms with E-state index >= 15 is 0 Å². The second-order valence-electron chi connectivity index (χ2n) is 4.45. The first-order chi connectivity index (χ1) is 7.25. The quantitative estimate of drug-likeness (QED) is 0.723. The number of nitrogens with one attached hydrogen (secondary N) is 1. The third kappa shape index (κ3) is 2.78. The molecule has 2 fully saturated rings. The summed E-state index contributed by atoms with van der Waals surface area (Å²) in [6.07, 6.45) is 3.30. The molecule has 0 saturated carbocycles. The Morgan fingerprint density at radius 1 is 1.27 bits per heavy atom. The van der Waals surface area contributed by atoms with Crippen molar-refractivity contribution in [3.05, 3.63) is 0 Å². The zero-order valence-electron chi connectivity index (χ0n) is 9.00. The molecular formula is C11H18N2O2. The summed E-state index contributed by atoms with van der Waals surface area (Å²) in [5.41, 5.74) is 0. The van der Waals surface area contributed by atoms with Crippen molar-refractivity contribution in [3.63, 3.8) is 0 Å². The molecule has 4 heteroatoms. The maximum Gasteiger partial charge on any atom is 0.223 e. The fourth-order valence-electron chi connectivity index (χ4n) is 2.28. The number of hydrogen-bond acceptors (Lipinski definition) is 3. The summed E-state index contributed by atoms with van der Waals surface area (Å²) in [7, 11) is 0. The Morgan fingerprint density at radius 3 is 2.60 bits per heavy atom. The number of amides is 1. The Morgan fingerprint density at radius 2 is 2.00 bits per heavy atom. The van der Waals surface area contributed by atoms with Gasteiger partial charge >= 0.3 is 0 Å². The van der Waals surface area contributed by atoms with Crippen molar-refractivity contribution in [1.29, 1.82) is 0 Å². The highest BCUT2D eigenvalue weighted by molar-refractivity contribution is 5.80. The maximum atomic E-state index is 11.3. The molecule has 2 aliphatic heterocycles. The first-order valence-corrected chi connectivity index (χ1v) is 5.77. The van der Waals surface area contributed by atoms with E-state index in [1.54, 1.807) is 0 Å². The Hall–Kier alpha value is -0.900. The smallest absolute Gasteiger partial charge is 0.223 e. The van der Waals surface area contributed by atoms with E-state index in [1.807, 2.05) is 0 Å². The second-order valence-corrected chi connectivity index (χ2v) is 4.45. The van der Waals surface area contributed by atoms with Crippen LogP contribution in [0.15, 0.2) is 0 Å². The highest BCUT2D eigenvalue weighted by Crippen LogP contribution is 2.15. The summed E-state index contributed by atoms with van der Waals surface area (Å²) in [5, 5.41) is 2.85. The van der Waals surface area contributed by atoms with E-state index < -0.39 is 0 Å². The molecule has 1 amide bonds. The number of Topliss-reactive ketones (excluding diaryl/α,β-unsaturated/α-hetero) is 1. The minimum absolute atomic E-state index is 0.211. The molecule has 0 aromatic rings. The number of nitrogens with zero attached hydrogens (tertiary/aromatic N) is 1. The van der Waals surface area contributed by atoms with Crippen LogP contribution >= 0.6 is 0 Å². The maximum absolute atomic E-state index is 11.3. The van der Waals surface area contributed by atoms with Crippen LogP contribution in [0.4, 0.5) is 0 Å². The molecule has 0 aliphatic carbocycles. The van der Waals surface area contributed by atoms with Crippen molar-refractivity contribution in [1.82, 2.24) is 10.2 Å². The fraction of sp³-hybridized carbons (Fsp3) is 0.818. The number of likely N-dealkylation sites (tertiary alicyclic amines) is 1. The van der Waals surface area contributed by atoms with Gasteiger partial charge in [-0.2, -0.15) is 0 Å². The zero-order valence-corrected chi connectivity index (χ0v) is 9.00. The first kappa shape index (κ1) is 10.6. The van der Waals surface area contributed by atoms with Crippen molar-refractivity contribution in [2.75, 3.05) is 26.2 Å². The van der Waals surface area contributed by atoms with Gasteiger partial charge in [0, 0.05) is 38.4 Å². The van der Waals surface area contributed by atoms with Gasteiger partial charge in [-0.3, -0.25) is 9.59 Å². The van der Waals surface area contributed by atoms with E-state index in [1.165, 1.54) is 0 Å². The molecule has 0 bridgehead atoms. The van der Waals surface area contributed by atoms with Gasteiger partial charge in [-0.15, -0.1) is 0 Å². The SMILES string of the molecule is O=C1CCN(CCC2CCNC2=O)CC1. The predicted octanol–water partition coefficient (Wildman–Crippen LogP) is 0.178. The van der Waals surface area contributed by atoms with Gasteiger partial charge in [0.1, 0.15) is 5.78 Å². The van der Waals surface area contributed by atoms with E-state index in [0.29, 0.717) is 18.6 Å². The third-order valence-electron chi connectivity index (χ3n) is 3.37. The van der Waals surface area contributed by atoms with Crippen molar-refractivity contribution in [3.8, 4) is 0 Å². The van der Waals surface area contributed by atoms with E-state index in [-0.39, 0.29) is 11.8 Å². The lowest BCUT2D eigenvalue weighted by Gasteiger charge is -2.26. The van der Waals surface area contributed by atoms with Gasteiger partial charge in [0.15, 0.2) is 0 Å². The average molecular weight is 210 g/mol. The Bertz CT molecular complexity index is 255. The molecule has 1 unspecified atom stereocenters. The van der Waals surface area contributed by atoms with E-state index in [0.717, 1.165) is 39.0 Å². The number of ketones is 1. The van der Waals surface area contributed by atoms with E-state index in [4.69, 9.17) is 0 Å². The number of carbonyl (C=O) groups excluding carboxylic acids is 2. The molecule has 1 N–H and O–H groups in total. The Kier molecular flexibility index (Phi) is 3.36. The van der Waals surface area contributed by atoms with Crippen LogP contribution in [0.1, 0.15) is 25.7 Å². The van der Waals surface area contributed by atoms with Gasteiger partial charge < -0.3 is 10.2 Å². The molecule has 2 saturated heterocycles. The van der Waals surface area contributed by atoms with Crippen LogP contribution < -0.4 is 5.32 Å². The number of rotatable bonds is 3. The molecule has 1 atom stereocenters. The summed E-state index contributed by atoms with van der Waals surface area (Å²) < 4.78 is 0. The third-order valence-corrected chi connectivity index (χ3v) is 3.37. The molecule has 84 valence electrons. The van der Waals surface area contributed by atoms with Crippen LogP contribution in [0, 0.1) is 5.92 Å². The van der Waals surface area contributed by atoms with Gasteiger partial charge in [0.05, 0.1) is 0 Å². The van der Waals surface area contributed by atoms with Crippen molar-refractivity contribution in [2.24, 2.45) is 5.92 Å². The van der Waals surface area contributed by atoms with Gasteiger partial charge in [0.2, 0.25) is 5.91 Å². The van der Waals surface area contributed by atoms with Crippen molar-refractivity contribution in [2.45, 2.75) is 25.7 Å². The van der Waals surface area contributed by atoms with Crippen LogP contribution in [-0.2, 0) is 9.59 Å². The lowest BCUT2D eigenvalue weighted by molar-refractivity contribution is -0.123. The minimum atomic E-state index is 0.211. The fourth-order valence-corrected chi connectivity index (χ4v) is 2.28. The lowest BCUT2D eigenvalue weighted by Crippen LogP contribution is -2.35. The monoisotopic (exact) mass is 210 g/mol. The van der Waals surface area contributed by atoms with Crippen LogP contribution in [0.2, 0.25) is 0 Å². The average Bonchev–Trinajstić information content (AvgIpc) is 2.63. The summed E-state index contributed by atoms with van der Waals surface area (Å²) in [5.74, 6) is 0.801. The highest BCUT2D eigenvalue weighted by Gasteiger charge is 2.25. The summed E-state index contributed by atoms with van der Waals surface area (Å²) >= 11 is 0. The highest BCUT2D eigenvalue weighted by atomic mass is 16.2. The van der Waals surface area contributed by atoms with Gasteiger partial charge in [-0.25, -0.2) is 0 Å². The Labute approximate surface area is 90.0 Å². The largest absolute Gasteiger partial charge is 0.356 e. The number of hydrogen-bond donors (Lipinski definition) is 1. The predicted molar refractivity (Wildman–Crippen MR) is 56.4 cm³/mol. The van der Waals surface area contributed by atoms with E-state index in [2.05, 4.69) is 10.2 Å². The molecule has 2 heterocycles.